The molecule has 0 fully saturated rings. The quantitative estimate of drug-likeness (QED) is 0.0375. The predicted octanol–water partition coefficient (Wildman–Crippen LogP) is 29.3. The Labute approximate surface area is 574 Å². The molecule has 2 aromatic rings. The van der Waals surface area contributed by atoms with Crippen molar-refractivity contribution in [1.82, 2.24) is 0 Å². The number of carbonyl (C=O) groups is 4. The van der Waals surface area contributed by atoms with Crippen LogP contribution in [-0.2, 0) is 0 Å². The summed E-state index contributed by atoms with van der Waals surface area (Å²) in [6.07, 6.45) is 72.3. The summed E-state index contributed by atoms with van der Waals surface area (Å²) in [5, 5.41) is 0. The van der Waals surface area contributed by atoms with Gasteiger partial charge in [0.05, 0.1) is 5.57 Å². The Hall–Kier alpha value is -4.06. The van der Waals surface area contributed by atoms with E-state index in [0.717, 1.165) is 101 Å². The van der Waals surface area contributed by atoms with Crippen molar-refractivity contribution in [2.75, 3.05) is 0 Å². The van der Waals surface area contributed by atoms with Crippen molar-refractivity contribution in [1.29, 1.82) is 0 Å². The number of ketones is 4. The van der Waals surface area contributed by atoms with Crippen LogP contribution in [0.1, 0.15) is 473 Å². The normalized spacial score (nSPS) is 12.6. The predicted molar refractivity (Wildman–Crippen MR) is 403 cm³/mol. The molecule has 1 heterocycles. The van der Waals surface area contributed by atoms with Crippen molar-refractivity contribution in [3.63, 3.8) is 0 Å². The van der Waals surface area contributed by atoms with Gasteiger partial charge in [-0.05, 0) is 81.3 Å². The lowest BCUT2D eigenvalue weighted by molar-refractivity contribution is -0.345. The first-order valence-corrected chi connectivity index (χ1v) is 40.7. The van der Waals surface area contributed by atoms with Gasteiger partial charge >= 0.3 is 0 Å². The average Bonchev–Trinajstić information content (AvgIpc) is 1.62. The van der Waals surface area contributed by atoms with Crippen molar-refractivity contribution in [2.45, 2.75) is 420 Å². The molecule has 526 valence electrons. The van der Waals surface area contributed by atoms with Crippen LogP contribution < -0.4 is 0 Å². The SMILES string of the molecule is CCCCCCCCCCCCCCCCCCCC=CC1=C(c2ccc(C(=O)CCCCCCCCCCC)c(C(=O)CCCCCCCCCCC)c2)[N+](=[N-])C(c2ccc(C(=O)CCCCCCCCCCC)c(C(=O)CCCCCCCCCCC)c2)=C1CC. The summed E-state index contributed by atoms with van der Waals surface area (Å²) in [5.74, 6) is 0.0404. The van der Waals surface area contributed by atoms with Crippen molar-refractivity contribution in [2.24, 2.45) is 0 Å². The second-order valence-electron chi connectivity index (χ2n) is 28.6. The van der Waals surface area contributed by atoms with Crippen molar-refractivity contribution in [3.05, 3.63) is 98.6 Å². The first-order chi connectivity index (χ1) is 45.7. The molecule has 0 bridgehead atoms. The minimum atomic E-state index is -0.00380. The van der Waals surface area contributed by atoms with E-state index in [1.807, 2.05) is 36.4 Å². The minimum Gasteiger partial charge on any atom is -0.493 e. The van der Waals surface area contributed by atoms with E-state index >= 15 is 0 Å². The molecule has 93 heavy (non-hydrogen) atoms. The fourth-order valence-corrected chi connectivity index (χ4v) is 14.2. The second-order valence-corrected chi connectivity index (χ2v) is 28.6. The van der Waals surface area contributed by atoms with Crippen LogP contribution in [0.15, 0.2) is 59.7 Å². The number of hydrogen-bond donors (Lipinski definition) is 0. The van der Waals surface area contributed by atoms with E-state index in [1.165, 1.54) is 262 Å². The lowest BCUT2D eigenvalue weighted by Crippen LogP contribution is -2.12. The van der Waals surface area contributed by atoms with E-state index in [-0.39, 0.29) is 23.1 Å². The van der Waals surface area contributed by atoms with Crippen LogP contribution in [0.5, 0.6) is 0 Å². The van der Waals surface area contributed by atoms with Crippen LogP contribution in [0.4, 0.5) is 0 Å². The monoisotopic (exact) mass is 1280 g/mol. The fourth-order valence-electron chi connectivity index (χ4n) is 14.2. The largest absolute Gasteiger partial charge is 0.493 e. The average molecular weight is 1280 g/mol. The lowest BCUT2D eigenvalue weighted by Gasteiger charge is -2.14. The van der Waals surface area contributed by atoms with Crippen LogP contribution in [0, 0.1) is 0 Å². The zero-order valence-corrected chi connectivity index (χ0v) is 61.9. The van der Waals surface area contributed by atoms with Gasteiger partial charge in [0.2, 0.25) is 11.4 Å². The molecule has 0 radical (unpaired) electrons. The minimum absolute atomic E-state index is 0.00320. The summed E-state index contributed by atoms with van der Waals surface area (Å²) < 4.78 is 1.30. The highest BCUT2D eigenvalue weighted by Crippen LogP contribution is 2.44. The van der Waals surface area contributed by atoms with Crippen molar-refractivity contribution in [3.8, 4) is 0 Å². The highest BCUT2D eigenvalue weighted by atomic mass is 16.1. The number of benzene rings is 2. The zero-order valence-electron chi connectivity index (χ0n) is 61.9. The van der Waals surface area contributed by atoms with Gasteiger partial charge in [0.25, 0.3) is 0 Å². The molecular formula is C87H144N2O4. The van der Waals surface area contributed by atoms with Crippen LogP contribution in [-0.4, -0.2) is 27.8 Å². The van der Waals surface area contributed by atoms with Gasteiger partial charge in [0.15, 0.2) is 23.1 Å². The van der Waals surface area contributed by atoms with Crippen LogP contribution in [0.3, 0.4) is 0 Å². The Morgan fingerprint density at radius 2 is 0.538 bits per heavy atom. The second kappa shape index (κ2) is 57.1. The molecule has 0 saturated heterocycles. The third kappa shape index (κ3) is 36.8. The van der Waals surface area contributed by atoms with Crippen molar-refractivity contribution < 1.29 is 23.9 Å². The molecule has 0 atom stereocenters. The van der Waals surface area contributed by atoms with Gasteiger partial charge < -0.3 is 5.53 Å². The Bertz CT molecular complexity index is 2400. The molecule has 6 heteroatoms. The molecule has 3 rings (SSSR count). The third-order valence-corrected chi connectivity index (χ3v) is 20.2. The number of rotatable bonds is 66. The molecule has 0 aromatic heterocycles. The molecule has 1 aliphatic heterocycles. The maximum Gasteiger partial charge on any atom is 0.215 e. The van der Waals surface area contributed by atoms with E-state index in [2.05, 4.69) is 53.7 Å². The summed E-state index contributed by atoms with van der Waals surface area (Å²) in [5.41, 5.74) is 19.3. The maximum absolute atomic E-state index is 14.7. The number of nitrogens with zero attached hydrogens (tertiary/aromatic N) is 2. The maximum atomic E-state index is 14.7. The zero-order chi connectivity index (χ0) is 67.0. The van der Waals surface area contributed by atoms with Gasteiger partial charge in [0.1, 0.15) is 0 Å². The van der Waals surface area contributed by atoms with Gasteiger partial charge in [-0.2, -0.15) is 0 Å². The van der Waals surface area contributed by atoms with Gasteiger partial charge in [-0.25, -0.2) is 4.70 Å². The van der Waals surface area contributed by atoms with Crippen LogP contribution >= 0.6 is 0 Å². The lowest BCUT2D eigenvalue weighted by atomic mass is 9.90. The third-order valence-electron chi connectivity index (χ3n) is 20.2. The number of hydrogen-bond acceptors (Lipinski definition) is 4. The molecule has 0 N–H and O–H groups in total. The summed E-state index contributed by atoms with van der Waals surface area (Å²) in [6, 6.07) is 11.5. The van der Waals surface area contributed by atoms with Gasteiger partial charge in [0, 0.05) is 64.6 Å². The van der Waals surface area contributed by atoms with Crippen LogP contribution in [0.25, 0.3) is 16.9 Å². The Morgan fingerprint density at radius 1 is 0.301 bits per heavy atom. The standard InChI is InChI=1S/C87H144N2O4/c1-7-13-18-23-28-33-34-35-36-37-38-39-40-41-42-47-48-53-58-63-79-76(12-6)86(74-68-70-77(82(90)64-59-54-49-43-29-24-19-14-8-2)80(72-74)84(92)66-61-56-51-45-31-26-21-16-10-4)89(88)87(79)75-69-71-78(83(91)65-60-55-50-44-30-25-20-15-9-3)81(73-75)85(93)67-62-57-52-46-32-27-22-17-11-5/h58,63,68-73H,7-57,59-62,64-67H2,1-6H3. The number of allylic oxidation sites excluding steroid dienone is 4. The van der Waals surface area contributed by atoms with E-state index in [9.17, 15) is 24.7 Å². The number of carbonyl (C=O) groups excluding carboxylic acids is 4. The smallest absolute Gasteiger partial charge is 0.215 e. The van der Waals surface area contributed by atoms with E-state index in [0.29, 0.717) is 76.9 Å². The molecule has 1 aliphatic rings. The molecule has 0 spiro atoms. The topological polar surface area (TPSA) is 93.6 Å². The van der Waals surface area contributed by atoms with E-state index in [4.69, 9.17) is 0 Å². The summed E-state index contributed by atoms with van der Waals surface area (Å²) in [4.78, 5) is 58.0. The van der Waals surface area contributed by atoms with Gasteiger partial charge in [-0.1, -0.05) is 362 Å². The number of unbranched alkanes of at least 4 members (excludes halogenated alkanes) is 49. The first-order valence-electron chi connectivity index (χ1n) is 40.7. The first kappa shape index (κ1) is 83.2. The van der Waals surface area contributed by atoms with E-state index < -0.39 is 0 Å². The van der Waals surface area contributed by atoms with Crippen molar-refractivity contribution >= 4 is 34.5 Å². The fraction of sp³-hybridized carbons (Fsp3) is 0.747. The molecule has 0 unspecified atom stereocenters. The summed E-state index contributed by atoms with van der Waals surface area (Å²) in [7, 11) is 0. The molecule has 0 saturated carbocycles. The highest BCUT2D eigenvalue weighted by Gasteiger charge is 2.36. The summed E-state index contributed by atoms with van der Waals surface area (Å²) in [6.45, 7) is 13.4. The number of Topliss-reactive ketones (excluding diaryl/α,β-unsaturated/α-hetero) is 4. The van der Waals surface area contributed by atoms with Gasteiger partial charge in [-0.3, -0.25) is 19.2 Å². The Morgan fingerprint density at radius 3 is 0.806 bits per heavy atom. The molecule has 0 aliphatic carbocycles. The molecule has 0 amide bonds. The molecular weight excluding hydrogens is 1140 g/mol. The van der Waals surface area contributed by atoms with Crippen LogP contribution in [0.2, 0.25) is 0 Å². The molecule has 2 aromatic carbocycles. The Balaban J connectivity index is 1.98. The highest BCUT2D eigenvalue weighted by molar-refractivity contribution is 6.10. The van der Waals surface area contributed by atoms with E-state index in [1.54, 1.807) is 0 Å². The Kier molecular flexibility index (Phi) is 51.0. The molecule has 6 nitrogen and oxygen atoms in total. The summed E-state index contributed by atoms with van der Waals surface area (Å²) >= 11 is 0. The van der Waals surface area contributed by atoms with Gasteiger partial charge in [-0.15, -0.1) is 0 Å².